The fraction of sp³-hybridized carbons (Fsp3) is 0.444. The zero-order valence-electron chi connectivity index (χ0n) is 14.8. The summed E-state index contributed by atoms with van der Waals surface area (Å²) in [5.41, 5.74) is 1.83. The van der Waals surface area contributed by atoms with Crippen LogP contribution >= 0.6 is 0 Å². The van der Waals surface area contributed by atoms with Crippen LogP contribution in [0.3, 0.4) is 0 Å². The maximum Gasteiger partial charge on any atom is 0.307 e. The molecule has 0 aliphatic heterocycles. The van der Waals surface area contributed by atoms with Crippen LogP contribution in [0.25, 0.3) is 0 Å². The van der Waals surface area contributed by atoms with Gasteiger partial charge in [0.1, 0.15) is 12.2 Å². The molecule has 2 aromatic rings. The molecule has 2 rings (SSSR count). The molecule has 0 saturated carbocycles. The third-order valence-corrected chi connectivity index (χ3v) is 4.07. The van der Waals surface area contributed by atoms with E-state index >= 15 is 0 Å². The normalized spacial score (nSPS) is 13.1. The molecule has 0 saturated heterocycles. The number of H-pyrrole nitrogens is 1. The molecule has 0 aliphatic rings. The van der Waals surface area contributed by atoms with Gasteiger partial charge in [0.05, 0.1) is 6.42 Å². The summed E-state index contributed by atoms with van der Waals surface area (Å²) in [6, 6.07) is 7.68. The summed E-state index contributed by atoms with van der Waals surface area (Å²) in [4.78, 5) is 28.1. The summed E-state index contributed by atoms with van der Waals surface area (Å²) in [5, 5.41) is 9.24. The number of aryl methyl sites for hydroxylation is 1. The number of nitrogens with zero attached hydrogens (tertiary/aromatic N) is 2. The zero-order chi connectivity index (χ0) is 18.2. The average molecular weight is 344 g/mol. The van der Waals surface area contributed by atoms with Gasteiger partial charge >= 0.3 is 5.97 Å². The molecule has 7 nitrogen and oxygen atoms in total. The molecule has 0 radical (unpaired) electrons. The molecule has 0 aliphatic carbocycles. The van der Waals surface area contributed by atoms with Crippen molar-refractivity contribution in [2.24, 2.45) is 0 Å². The second-order valence-electron chi connectivity index (χ2n) is 5.95. The standard InChI is InChI=1S/C18H24N4O3/c1-4-12(2)14-7-5-6-8-15(14)21-18(24)13(3)25-17(23)10-9-16-19-11-20-22-16/h5-8,11-13H,4,9-10H2,1-3H3,(H,21,24)(H,19,20,22)/t12-,13+/m0/s1. The van der Waals surface area contributed by atoms with E-state index in [0.717, 1.165) is 17.7 Å². The van der Waals surface area contributed by atoms with Crippen LogP contribution in [0.15, 0.2) is 30.6 Å². The first kappa shape index (κ1) is 18.6. The second-order valence-corrected chi connectivity index (χ2v) is 5.95. The van der Waals surface area contributed by atoms with E-state index in [9.17, 15) is 9.59 Å². The summed E-state index contributed by atoms with van der Waals surface area (Å²) in [6.45, 7) is 5.77. The Labute approximate surface area is 147 Å². The molecule has 2 atom stereocenters. The number of hydrogen-bond acceptors (Lipinski definition) is 5. The van der Waals surface area contributed by atoms with Crippen LogP contribution in [0.2, 0.25) is 0 Å². The highest BCUT2D eigenvalue weighted by Crippen LogP contribution is 2.26. The van der Waals surface area contributed by atoms with Gasteiger partial charge in [-0.2, -0.15) is 5.10 Å². The SMILES string of the molecule is CC[C@H](C)c1ccccc1NC(=O)[C@@H](C)OC(=O)CCc1ncn[nH]1. The molecule has 1 aromatic heterocycles. The van der Waals surface area contributed by atoms with Gasteiger partial charge in [-0.1, -0.05) is 32.0 Å². The number of nitrogens with one attached hydrogen (secondary N) is 2. The topological polar surface area (TPSA) is 97.0 Å². The number of anilines is 1. The third-order valence-electron chi connectivity index (χ3n) is 4.07. The lowest BCUT2D eigenvalue weighted by atomic mass is 9.97. The van der Waals surface area contributed by atoms with Gasteiger partial charge in [-0.15, -0.1) is 0 Å². The number of aromatic nitrogens is 3. The molecule has 1 aromatic carbocycles. The number of amides is 1. The van der Waals surface area contributed by atoms with Gasteiger partial charge in [0.15, 0.2) is 6.10 Å². The molecule has 0 spiro atoms. The molecular weight excluding hydrogens is 320 g/mol. The average Bonchev–Trinajstić information content (AvgIpc) is 3.13. The van der Waals surface area contributed by atoms with Gasteiger partial charge in [0.25, 0.3) is 5.91 Å². The highest BCUT2D eigenvalue weighted by Gasteiger charge is 2.19. The van der Waals surface area contributed by atoms with Crippen molar-refractivity contribution in [1.82, 2.24) is 15.2 Å². The smallest absolute Gasteiger partial charge is 0.307 e. The van der Waals surface area contributed by atoms with Crippen LogP contribution in [0, 0.1) is 0 Å². The van der Waals surface area contributed by atoms with Crippen LogP contribution in [-0.4, -0.2) is 33.2 Å². The van der Waals surface area contributed by atoms with Crippen LogP contribution < -0.4 is 5.32 Å². The van der Waals surface area contributed by atoms with Gasteiger partial charge in [-0.05, 0) is 30.9 Å². The first-order chi connectivity index (χ1) is 12.0. The van der Waals surface area contributed by atoms with Crippen molar-refractivity contribution in [1.29, 1.82) is 0 Å². The Kier molecular flexibility index (Phi) is 6.68. The number of benzene rings is 1. The Morgan fingerprint density at radius 3 is 2.72 bits per heavy atom. The van der Waals surface area contributed by atoms with E-state index in [1.54, 1.807) is 6.92 Å². The minimum absolute atomic E-state index is 0.135. The summed E-state index contributed by atoms with van der Waals surface area (Å²) in [7, 11) is 0. The number of carbonyl (C=O) groups is 2. The maximum absolute atomic E-state index is 12.3. The molecule has 0 unspecified atom stereocenters. The molecule has 134 valence electrons. The van der Waals surface area contributed by atoms with E-state index in [0.29, 0.717) is 18.2 Å². The number of aromatic amines is 1. The first-order valence-electron chi connectivity index (χ1n) is 8.44. The number of ether oxygens (including phenoxy) is 1. The van der Waals surface area contributed by atoms with Crippen LogP contribution in [0.1, 0.15) is 50.9 Å². The molecule has 1 amide bonds. The van der Waals surface area contributed by atoms with E-state index in [1.807, 2.05) is 24.3 Å². The number of hydrogen-bond donors (Lipinski definition) is 2. The van der Waals surface area contributed by atoms with Gasteiger partial charge in [-0.25, -0.2) is 4.98 Å². The van der Waals surface area contributed by atoms with E-state index in [1.165, 1.54) is 6.33 Å². The van der Waals surface area contributed by atoms with Crippen molar-refractivity contribution < 1.29 is 14.3 Å². The fourth-order valence-corrected chi connectivity index (χ4v) is 2.38. The molecule has 0 bridgehead atoms. The summed E-state index contributed by atoms with van der Waals surface area (Å²) in [5.74, 6) is 0.144. The monoisotopic (exact) mass is 344 g/mol. The second kappa shape index (κ2) is 8.96. The lowest BCUT2D eigenvalue weighted by Crippen LogP contribution is -2.30. The Morgan fingerprint density at radius 1 is 1.28 bits per heavy atom. The highest BCUT2D eigenvalue weighted by atomic mass is 16.5. The fourth-order valence-electron chi connectivity index (χ4n) is 2.38. The number of carbonyl (C=O) groups excluding carboxylic acids is 2. The predicted octanol–water partition coefficient (Wildman–Crippen LogP) is 2.82. The minimum atomic E-state index is -0.868. The molecule has 1 heterocycles. The van der Waals surface area contributed by atoms with E-state index < -0.39 is 12.1 Å². The van der Waals surface area contributed by atoms with Crippen molar-refractivity contribution >= 4 is 17.6 Å². The molecule has 25 heavy (non-hydrogen) atoms. The summed E-state index contributed by atoms with van der Waals surface area (Å²) >= 11 is 0. The van der Waals surface area contributed by atoms with Crippen LogP contribution in [-0.2, 0) is 20.7 Å². The van der Waals surface area contributed by atoms with Crippen molar-refractivity contribution in [3.05, 3.63) is 42.0 Å². The van der Waals surface area contributed by atoms with Crippen molar-refractivity contribution in [3.63, 3.8) is 0 Å². The molecule has 0 fully saturated rings. The Balaban J connectivity index is 1.89. The maximum atomic E-state index is 12.3. The van der Waals surface area contributed by atoms with Gasteiger partial charge < -0.3 is 10.1 Å². The van der Waals surface area contributed by atoms with Gasteiger partial charge in [0, 0.05) is 12.1 Å². The lowest BCUT2D eigenvalue weighted by molar-refractivity contribution is -0.153. The minimum Gasteiger partial charge on any atom is -0.453 e. The van der Waals surface area contributed by atoms with E-state index in [2.05, 4.69) is 34.3 Å². The van der Waals surface area contributed by atoms with Crippen LogP contribution in [0.4, 0.5) is 5.69 Å². The van der Waals surface area contributed by atoms with Crippen LogP contribution in [0.5, 0.6) is 0 Å². The first-order valence-corrected chi connectivity index (χ1v) is 8.44. The highest BCUT2D eigenvalue weighted by molar-refractivity contribution is 5.95. The third kappa shape index (κ3) is 5.41. The van der Waals surface area contributed by atoms with Crippen molar-refractivity contribution in [2.75, 3.05) is 5.32 Å². The summed E-state index contributed by atoms with van der Waals surface area (Å²) < 4.78 is 5.20. The number of rotatable bonds is 8. The molecule has 7 heteroatoms. The Hall–Kier alpha value is -2.70. The van der Waals surface area contributed by atoms with E-state index in [-0.39, 0.29) is 12.3 Å². The zero-order valence-corrected chi connectivity index (χ0v) is 14.8. The van der Waals surface area contributed by atoms with E-state index in [4.69, 9.17) is 4.74 Å². The molecular formula is C18H24N4O3. The quantitative estimate of drug-likeness (QED) is 0.718. The number of para-hydroxylation sites is 1. The predicted molar refractivity (Wildman–Crippen MR) is 94.0 cm³/mol. The molecule has 2 N–H and O–H groups in total. The van der Waals surface area contributed by atoms with Crippen molar-refractivity contribution in [3.8, 4) is 0 Å². The summed E-state index contributed by atoms with van der Waals surface area (Å²) in [6.07, 6.45) is 2.01. The number of esters is 1. The van der Waals surface area contributed by atoms with Gasteiger partial charge in [0.2, 0.25) is 0 Å². The Bertz CT molecular complexity index is 700. The van der Waals surface area contributed by atoms with Gasteiger partial charge in [-0.3, -0.25) is 14.7 Å². The lowest BCUT2D eigenvalue weighted by Gasteiger charge is -2.18. The Morgan fingerprint density at radius 2 is 2.04 bits per heavy atom. The largest absolute Gasteiger partial charge is 0.453 e. The van der Waals surface area contributed by atoms with Crippen molar-refractivity contribution in [2.45, 2.75) is 52.1 Å².